The van der Waals surface area contributed by atoms with Crippen molar-refractivity contribution in [1.82, 2.24) is 0 Å². The number of nitrogens with zero attached hydrogens (tertiary/aromatic N) is 1. The van der Waals surface area contributed by atoms with Gasteiger partial charge >= 0.3 is 5.97 Å². The standard InChI is InChI=1S/C15H15NO5/c1-2-15(17,18)21-14-10-6-4-8-12(14)11-7-3-5-9-13(11)16(19)20/h3-10,17-18H,2H2,1H3. The lowest BCUT2D eigenvalue weighted by Crippen LogP contribution is -2.34. The van der Waals surface area contributed by atoms with Gasteiger partial charge in [-0.15, -0.1) is 0 Å². The fourth-order valence-electron chi connectivity index (χ4n) is 1.89. The quantitative estimate of drug-likeness (QED) is 0.501. The van der Waals surface area contributed by atoms with E-state index >= 15 is 0 Å². The Bertz CT molecular complexity index is 654. The topological polar surface area (TPSA) is 92.8 Å². The largest absolute Gasteiger partial charge is 0.439 e. The third kappa shape index (κ3) is 3.36. The van der Waals surface area contributed by atoms with Gasteiger partial charge in [0.05, 0.1) is 10.5 Å². The van der Waals surface area contributed by atoms with Gasteiger partial charge in [0.25, 0.3) is 5.69 Å². The van der Waals surface area contributed by atoms with Crippen molar-refractivity contribution in [3.05, 3.63) is 58.6 Å². The van der Waals surface area contributed by atoms with E-state index in [1.54, 1.807) is 43.3 Å². The fraction of sp³-hybridized carbons (Fsp3) is 0.200. The van der Waals surface area contributed by atoms with Crippen LogP contribution in [-0.2, 0) is 0 Å². The average molecular weight is 289 g/mol. The van der Waals surface area contributed by atoms with E-state index in [9.17, 15) is 20.3 Å². The Morgan fingerprint density at radius 3 is 2.29 bits per heavy atom. The molecule has 2 rings (SSSR count). The van der Waals surface area contributed by atoms with Gasteiger partial charge in [-0.1, -0.05) is 37.3 Å². The van der Waals surface area contributed by atoms with Gasteiger partial charge in [0.2, 0.25) is 0 Å². The summed E-state index contributed by atoms with van der Waals surface area (Å²) in [6, 6.07) is 12.7. The van der Waals surface area contributed by atoms with Gasteiger partial charge in [0, 0.05) is 18.1 Å². The van der Waals surface area contributed by atoms with Gasteiger partial charge in [-0.25, -0.2) is 0 Å². The molecule has 0 bridgehead atoms. The number of para-hydroxylation sites is 2. The minimum absolute atomic E-state index is 0.0434. The van der Waals surface area contributed by atoms with Crippen LogP contribution in [0.4, 0.5) is 5.69 Å². The molecule has 0 aromatic heterocycles. The summed E-state index contributed by atoms with van der Waals surface area (Å²) in [6.45, 7) is 1.55. The Morgan fingerprint density at radius 2 is 1.67 bits per heavy atom. The number of nitro groups is 1. The molecule has 0 heterocycles. The highest BCUT2D eigenvalue weighted by Crippen LogP contribution is 2.37. The minimum Gasteiger partial charge on any atom is -0.439 e. The van der Waals surface area contributed by atoms with E-state index in [0.717, 1.165) is 0 Å². The van der Waals surface area contributed by atoms with Gasteiger partial charge < -0.3 is 14.9 Å². The van der Waals surface area contributed by atoms with Gasteiger partial charge in [0.1, 0.15) is 5.75 Å². The molecule has 0 saturated heterocycles. The fourth-order valence-corrected chi connectivity index (χ4v) is 1.89. The Kier molecular flexibility index (Phi) is 4.21. The molecule has 21 heavy (non-hydrogen) atoms. The van der Waals surface area contributed by atoms with Crippen molar-refractivity contribution in [2.75, 3.05) is 0 Å². The highest BCUT2D eigenvalue weighted by molar-refractivity contribution is 5.78. The van der Waals surface area contributed by atoms with Crippen LogP contribution in [0.15, 0.2) is 48.5 Å². The van der Waals surface area contributed by atoms with E-state index in [-0.39, 0.29) is 17.9 Å². The van der Waals surface area contributed by atoms with Crippen LogP contribution in [0.2, 0.25) is 0 Å². The maximum Gasteiger partial charge on any atom is 0.321 e. The Balaban J connectivity index is 2.53. The van der Waals surface area contributed by atoms with Crippen molar-refractivity contribution in [3.63, 3.8) is 0 Å². The molecule has 2 aromatic rings. The lowest BCUT2D eigenvalue weighted by Gasteiger charge is -2.22. The zero-order chi connectivity index (χ0) is 15.5. The highest BCUT2D eigenvalue weighted by Gasteiger charge is 2.25. The maximum atomic E-state index is 11.1. The van der Waals surface area contributed by atoms with Crippen molar-refractivity contribution in [2.24, 2.45) is 0 Å². The molecule has 0 aliphatic rings. The third-order valence-corrected chi connectivity index (χ3v) is 3.01. The predicted octanol–water partition coefficient (Wildman–Crippen LogP) is 2.69. The summed E-state index contributed by atoms with van der Waals surface area (Å²) in [5.74, 6) is -2.15. The van der Waals surface area contributed by atoms with Gasteiger partial charge in [0.15, 0.2) is 0 Å². The predicted molar refractivity (Wildman–Crippen MR) is 76.6 cm³/mol. The molecule has 110 valence electrons. The van der Waals surface area contributed by atoms with Crippen LogP contribution in [0.25, 0.3) is 11.1 Å². The second-order valence-electron chi connectivity index (χ2n) is 4.47. The van der Waals surface area contributed by atoms with Crippen LogP contribution in [-0.4, -0.2) is 21.1 Å². The summed E-state index contributed by atoms with van der Waals surface area (Å²) < 4.78 is 5.16. The van der Waals surface area contributed by atoms with Crippen LogP contribution in [0.3, 0.4) is 0 Å². The first-order chi connectivity index (χ1) is 9.94. The van der Waals surface area contributed by atoms with Crippen LogP contribution in [0, 0.1) is 10.1 Å². The van der Waals surface area contributed by atoms with Crippen LogP contribution < -0.4 is 4.74 Å². The Hall–Kier alpha value is -2.44. The van der Waals surface area contributed by atoms with Crippen molar-refractivity contribution in [2.45, 2.75) is 19.3 Å². The summed E-state index contributed by atoms with van der Waals surface area (Å²) in [6.07, 6.45) is -0.0434. The number of aliphatic hydroxyl groups is 2. The number of rotatable bonds is 5. The average Bonchev–Trinajstić information content (AvgIpc) is 2.47. The van der Waals surface area contributed by atoms with Crippen molar-refractivity contribution >= 4 is 5.69 Å². The normalized spacial score (nSPS) is 11.2. The first-order valence-corrected chi connectivity index (χ1v) is 6.41. The van der Waals surface area contributed by atoms with Gasteiger partial charge in [-0.2, -0.15) is 0 Å². The Morgan fingerprint density at radius 1 is 1.10 bits per heavy atom. The third-order valence-electron chi connectivity index (χ3n) is 3.01. The molecule has 0 amide bonds. The molecular weight excluding hydrogens is 274 g/mol. The van der Waals surface area contributed by atoms with Crippen LogP contribution in [0.1, 0.15) is 13.3 Å². The van der Waals surface area contributed by atoms with Crippen molar-refractivity contribution in [1.29, 1.82) is 0 Å². The molecule has 0 spiro atoms. The molecule has 6 nitrogen and oxygen atoms in total. The lowest BCUT2D eigenvalue weighted by atomic mass is 10.0. The molecule has 0 radical (unpaired) electrons. The second-order valence-corrected chi connectivity index (χ2v) is 4.47. The van der Waals surface area contributed by atoms with Crippen molar-refractivity contribution in [3.8, 4) is 16.9 Å². The van der Waals surface area contributed by atoms with Crippen molar-refractivity contribution < 1.29 is 19.9 Å². The van der Waals surface area contributed by atoms with E-state index in [2.05, 4.69) is 0 Å². The molecule has 6 heteroatoms. The second kappa shape index (κ2) is 5.90. The molecule has 0 aliphatic carbocycles. The number of hydrogen-bond acceptors (Lipinski definition) is 5. The zero-order valence-corrected chi connectivity index (χ0v) is 11.4. The number of hydrogen-bond donors (Lipinski definition) is 2. The molecule has 0 fully saturated rings. The monoisotopic (exact) mass is 289 g/mol. The van der Waals surface area contributed by atoms with E-state index < -0.39 is 10.9 Å². The van der Waals surface area contributed by atoms with E-state index in [1.165, 1.54) is 12.1 Å². The first-order valence-electron chi connectivity index (χ1n) is 6.41. The number of nitro benzene ring substituents is 1. The summed E-state index contributed by atoms with van der Waals surface area (Å²) in [7, 11) is 0. The molecule has 2 N–H and O–H groups in total. The molecule has 2 aromatic carbocycles. The molecule has 0 atom stereocenters. The number of ether oxygens (including phenoxy) is 1. The van der Waals surface area contributed by atoms with Gasteiger partial charge in [-0.05, 0) is 12.1 Å². The SMILES string of the molecule is CCC(O)(O)Oc1ccccc1-c1ccccc1[N+](=O)[O-]. The van der Waals surface area contributed by atoms with E-state index in [4.69, 9.17) is 4.74 Å². The van der Waals surface area contributed by atoms with Gasteiger partial charge in [-0.3, -0.25) is 10.1 Å². The van der Waals surface area contributed by atoms with E-state index in [1.807, 2.05) is 0 Å². The maximum absolute atomic E-state index is 11.1. The highest BCUT2D eigenvalue weighted by atomic mass is 16.8. The van der Waals surface area contributed by atoms with E-state index in [0.29, 0.717) is 11.1 Å². The molecule has 0 saturated carbocycles. The summed E-state index contributed by atoms with van der Waals surface area (Å²) in [4.78, 5) is 10.6. The number of benzene rings is 2. The lowest BCUT2D eigenvalue weighted by molar-refractivity contribution is -0.384. The summed E-state index contributed by atoms with van der Waals surface area (Å²) in [5.41, 5.74) is 0.697. The molecule has 0 unspecified atom stereocenters. The first kappa shape index (κ1) is 15.0. The molecule has 0 aliphatic heterocycles. The van der Waals surface area contributed by atoms with Crippen LogP contribution in [0.5, 0.6) is 5.75 Å². The smallest absolute Gasteiger partial charge is 0.321 e. The zero-order valence-electron chi connectivity index (χ0n) is 11.4. The minimum atomic E-state index is -2.32. The van der Waals surface area contributed by atoms with Crippen LogP contribution >= 0.6 is 0 Å². The summed E-state index contributed by atoms with van der Waals surface area (Å²) >= 11 is 0. The summed E-state index contributed by atoms with van der Waals surface area (Å²) in [5, 5.41) is 30.4. The Labute approximate surface area is 121 Å². The molecular formula is C15H15NO5.